The molecule has 1 aromatic carbocycles. The van der Waals surface area contributed by atoms with Gasteiger partial charge in [-0.2, -0.15) is 0 Å². The van der Waals surface area contributed by atoms with Crippen LogP contribution in [0.1, 0.15) is 50.3 Å². The fraction of sp³-hybridized carbons (Fsp3) is 0.409. The van der Waals surface area contributed by atoms with Crippen LogP contribution in [0.25, 0.3) is 17.3 Å². The zero-order valence-electron chi connectivity index (χ0n) is 19.8. The van der Waals surface area contributed by atoms with E-state index in [0.29, 0.717) is 28.9 Å². The van der Waals surface area contributed by atoms with Crippen LogP contribution < -0.4 is 39.0 Å². The maximum Gasteiger partial charge on any atom is 1.00 e. The number of aromatic nitrogens is 2. The van der Waals surface area contributed by atoms with Crippen LogP contribution in [-0.2, 0) is 14.8 Å². The molecule has 0 unspecified atom stereocenters. The molecule has 0 fully saturated rings. The Morgan fingerprint density at radius 1 is 1.24 bits per heavy atom. The molecule has 0 bridgehead atoms. The van der Waals surface area contributed by atoms with Crippen LogP contribution in [0.2, 0.25) is 0 Å². The van der Waals surface area contributed by atoms with E-state index < -0.39 is 34.0 Å². The number of carbonyl (C=O) groups excluding carboxylic acids is 1. The van der Waals surface area contributed by atoms with Gasteiger partial charge in [-0.1, -0.05) is 26.0 Å². The molecule has 1 aromatic heterocycles. The minimum Gasteiger partial charge on any atom is -0.544 e. The second-order valence-corrected chi connectivity index (χ2v) is 9.98. The zero-order chi connectivity index (χ0) is 25.0. The summed E-state index contributed by atoms with van der Waals surface area (Å²) in [4.78, 5) is 19.6. The van der Waals surface area contributed by atoms with Crippen molar-refractivity contribution in [3.05, 3.63) is 47.4 Å². The van der Waals surface area contributed by atoms with Crippen LogP contribution in [0.3, 0.4) is 0 Å². The number of anilines is 1. The molecule has 0 saturated carbocycles. The number of halogens is 1. The molecule has 0 aliphatic carbocycles. The van der Waals surface area contributed by atoms with E-state index in [9.17, 15) is 32.9 Å². The van der Waals surface area contributed by atoms with E-state index in [1.54, 1.807) is 12.2 Å². The van der Waals surface area contributed by atoms with Crippen molar-refractivity contribution in [2.24, 2.45) is 0 Å². The summed E-state index contributed by atoms with van der Waals surface area (Å²) in [6.07, 6.45) is 4.47. The van der Waals surface area contributed by atoms with Crippen molar-refractivity contribution in [3.8, 4) is 11.3 Å². The van der Waals surface area contributed by atoms with Crippen molar-refractivity contribution in [3.63, 3.8) is 0 Å². The number of allylic oxidation sites excluding steroid dienone is 1. The molecule has 0 spiro atoms. The fourth-order valence-corrected chi connectivity index (χ4v) is 3.34. The number of carboxylic acid groups (broad SMARTS) is 1. The van der Waals surface area contributed by atoms with Gasteiger partial charge in [0.05, 0.1) is 17.6 Å². The van der Waals surface area contributed by atoms with Crippen molar-refractivity contribution >= 4 is 28.0 Å². The van der Waals surface area contributed by atoms with Crippen LogP contribution in [0.4, 0.5) is 10.3 Å². The van der Waals surface area contributed by atoms with E-state index in [0.717, 1.165) is 10.6 Å². The predicted octanol–water partition coefficient (Wildman–Crippen LogP) is -1.58. The van der Waals surface area contributed by atoms with Gasteiger partial charge in [0.1, 0.15) is 11.8 Å². The Labute approximate surface area is 220 Å². The number of rotatable bonds is 10. The molecule has 34 heavy (non-hydrogen) atoms. The summed E-state index contributed by atoms with van der Waals surface area (Å²) in [5.74, 6) is -5.47. The Bertz CT molecular complexity index is 1140. The first kappa shape index (κ1) is 30.1. The van der Waals surface area contributed by atoms with E-state index in [1.807, 2.05) is 13.8 Å². The topological polar surface area (TPSA) is 144 Å². The van der Waals surface area contributed by atoms with E-state index in [1.165, 1.54) is 31.3 Å². The molecule has 9 nitrogen and oxygen atoms in total. The number of nitrogens with zero attached hydrogens (tertiary/aromatic N) is 3. The summed E-state index contributed by atoms with van der Waals surface area (Å²) >= 11 is 0. The molecule has 2 N–H and O–H groups in total. The normalized spacial score (nSPS) is 12.1. The molecular weight excluding hydrogens is 476 g/mol. The number of carbonyl (C=O) groups is 1. The molecule has 0 aliphatic heterocycles. The smallest absolute Gasteiger partial charge is 0.544 e. The minimum atomic E-state index is -3.63. The molecule has 0 atom stereocenters. The molecule has 0 radical (unpaired) electrons. The molecule has 180 valence electrons. The van der Waals surface area contributed by atoms with Gasteiger partial charge >= 0.3 is 29.6 Å². The van der Waals surface area contributed by atoms with Crippen LogP contribution in [-0.4, -0.2) is 53.7 Å². The number of sulfonamides is 1. The summed E-state index contributed by atoms with van der Waals surface area (Å²) in [5.41, 5.74) is 2.08. The van der Waals surface area contributed by atoms with E-state index >= 15 is 0 Å². The van der Waals surface area contributed by atoms with Crippen molar-refractivity contribution in [2.45, 2.75) is 44.8 Å². The number of aliphatic hydroxyl groups is 2. The molecular formula is C22H27FN3NaO6S. The van der Waals surface area contributed by atoms with Crippen LogP contribution in [0, 0.1) is 5.82 Å². The first-order valence-corrected chi connectivity index (χ1v) is 12.0. The third-order valence-electron chi connectivity index (χ3n) is 4.91. The Morgan fingerprint density at radius 3 is 2.32 bits per heavy atom. The Hall–Kier alpha value is -1.89. The van der Waals surface area contributed by atoms with Crippen LogP contribution in [0.5, 0.6) is 0 Å². The monoisotopic (exact) mass is 503 g/mol. The first-order valence-electron chi connectivity index (χ1n) is 10.2. The Morgan fingerprint density at radius 2 is 1.82 bits per heavy atom. The first-order chi connectivity index (χ1) is 15.2. The summed E-state index contributed by atoms with van der Waals surface area (Å²) in [7, 11) is -2.29. The molecule has 2 rings (SSSR count). The summed E-state index contributed by atoms with van der Waals surface area (Å²) in [6.45, 7) is 3.76. The fourth-order valence-electron chi connectivity index (χ4n) is 2.97. The van der Waals surface area contributed by atoms with Crippen molar-refractivity contribution in [1.29, 1.82) is 0 Å². The largest absolute Gasteiger partial charge is 1.00 e. The van der Waals surface area contributed by atoms with Crippen LogP contribution >= 0.6 is 0 Å². The number of hydrogen-bond acceptors (Lipinski definition) is 8. The number of benzene rings is 1. The van der Waals surface area contributed by atoms with Gasteiger partial charge in [-0.25, -0.2) is 27.1 Å². The second kappa shape index (κ2) is 12.2. The van der Waals surface area contributed by atoms with Gasteiger partial charge in [0.2, 0.25) is 21.8 Å². The molecule has 0 saturated heterocycles. The maximum atomic E-state index is 13.5. The number of hydrogen-bond donors (Lipinski definition) is 2. The summed E-state index contributed by atoms with van der Waals surface area (Å²) in [5, 5.41) is 29.4. The quantitative estimate of drug-likeness (QED) is 0.225. The minimum absolute atomic E-state index is 0. The number of carboxylic acids is 1. The predicted molar refractivity (Wildman–Crippen MR) is 120 cm³/mol. The van der Waals surface area contributed by atoms with Gasteiger partial charge in [-0.15, -0.1) is 0 Å². The van der Waals surface area contributed by atoms with Gasteiger partial charge in [0.15, 0.2) is 0 Å². The molecule has 0 amide bonds. The van der Waals surface area contributed by atoms with Gasteiger partial charge in [0, 0.05) is 24.6 Å². The van der Waals surface area contributed by atoms with Gasteiger partial charge < -0.3 is 20.1 Å². The summed E-state index contributed by atoms with van der Waals surface area (Å²) in [6, 6.07) is 5.58. The average molecular weight is 504 g/mol. The Kier molecular flexibility index (Phi) is 10.8. The molecule has 0 aliphatic rings. The third kappa shape index (κ3) is 7.82. The third-order valence-corrected chi connectivity index (χ3v) is 6.07. The Balaban J connectivity index is 0.00000578. The van der Waals surface area contributed by atoms with E-state index in [4.69, 9.17) is 0 Å². The van der Waals surface area contributed by atoms with Crippen molar-refractivity contribution in [1.82, 2.24) is 9.97 Å². The van der Waals surface area contributed by atoms with Gasteiger partial charge in [-0.05, 0) is 43.0 Å². The van der Waals surface area contributed by atoms with Gasteiger partial charge in [-0.3, -0.25) is 0 Å². The maximum absolute atomic E-state index is 13.5. The van der Waals surface area contributed by atoms with Gasteiger partial charge in [0.25, 0.3) is 0 Å². The second-order valence-electron chi connectivity index (χ2n) is 7.96. The average Bonchev–Trinajstić information content (AvgIpc) is 2.72. The van der Waals surface area contributed by atoms with E-state index in [2.05, 4.69) is 9.97 Å². The molecule has 1 heterocycles. The van der Waals surface area contributed by atoms with E-state index in [-0.39, 0.29) is 47.8 Å². The standard InChI is InChI=1S/C22H28FN3O6S.Na/c1-14(2)18-17(8-6-5-7-13-22(29,30)20(27)28)19(15-9-11-16(23)12-10-15)25-21(24-18)26(3)33(4,31)32;/h6,8-12,14,29-30H,5,7,13H2,1-4H3,(H,27,28);/q;+1/p-1/b8-6+;. The molecule has 2 aromatic rings. The summed E-state index contributed by atoms with van der Waals surface area (Å²) < 4.78 is 38.6. The SMILES string of the molecule is CC(C)c1nc(N(C)S(C)(=O)=O)nc(-c2ccc(F)cc2)c1/C=C/CCCC(O)(O)C(=O)[O-].[Na+]. The molecule has 12 heteroatoms. The zero-order valence-corrected chi connectivity index (χ0v) is 22.6. The van der Waals surface area contributed by atoms with Crippen molar-refractivity contribution in [2.75, 3.05) is 17.6 Å². The van der Waals surface area contributed by atoms with Crippen molar-refractivity contribution < 1.29 is 62.5 Å². The van der Waals surface area contributed by atoms with Crippen LogP contribution in [0.15, 0.2) is 30.3 Å². The number of unbranched alkanes of at least 4 members (excludes halogenated alkanes) is 1. The number of aliphatic carboxylic acids is 1.